The second-order valence-electron chi connectivity index (χ2n) is 4.55. The van der Waals surface area contributed by atoms with Gasteiger partial charge in [-0.05, 0) is 36.8 Å². The highest BCUT2D eigenvalue weighted by atomic mass is 16.5. The lowest BCUT2D eigenvalue weighted by atomic mass is 10.1. The normalized spacial score (nSPS) is 24.0. The first-order chi connectivity index (χ1) is 7.08. The zero-order valence-corrected chi connectivity index (χ0v) is 9.22. The van der Waals surface area contributed by atoms with Crippen LogP contribution in [0.4, 0.5) is 0 Å². The molecule has 2 saturated carbocycles. The number of hydrogen-bond acceptors (Lipinski definition) is 1. The van der Waals surface area contributed by atoms with Gasteiger partial charge >= 0.3 is 0 Å². The van der Waals surface area contributed by atoms with Crippen molar-refractivity contribution >= 4 is 0 Å². The minimum atomic E-state index is -0.135. The van der Waals surface area contributed by atoms with Crippen LogP contribution in [0.25, 0.3) is 0 Å². The molecule has 80 valence electrons. The molecule has 0 amide bonds. The standard InChI is InChI=1S/C14H18O/c1-5-11(3)13(7-8-13)15-14(9-10-14)12(4)6-2/h5-6H,1-4,7-10H2. The van der Waals surface area contributed by atoms with E-state index in [-0.39, 0.29) is 11.2 Å². The molecule has 15 heavy (non-hydrogen) atoms. The molecule has 0 aromatic rings. The Morgan fingerprint density at radius 3 is 1.40 bits per heavy atom. The van der Waals surface area contributed by atoms with Gasteiger partial charge < -0.3 is 4.74 Å². The van der Waals surface area contributed by atoms with Gasteiger partial charge in [0.05, 0.1) is 11.2 Å². The lowest BCUT2D eigenvalue weighted by molar-refractivity contribution is -0.00175. The Morgan fingerprint density at radius 2 is 1.20 bits per heavy atom. The number of hydrogen-bond donors (Lipinski definition) is 0. The Labute approximate surface area is 91.8 Å². The van der Waals surface area contributed by atoms with Gasteiger partial charge in [-0.1, -0.05) is 38.5 Å². The van der Waals surface area contributed by atoms with Gasteiger partial charge in [-0.15, -0.1) is 0 Å². The third-order valence-electron chi connectivity index (χ3n) is 3.46. The van der Waals surface area contributed by atoms with Crippen LogP contribution in [0.5, 0.6) is 0 Å². The van der Waals surface area contributed by atoms with Gasteiger partial charge in [-0.25, -0.2) is 0 Å². The van der Waals surface area contributed by atoms with Crippen LogP contribution in [-0.2, 0) is 4.74 Å². The number of rotatable bonds is 6. The zero-order chi connectivity index (χ0) is 11.1. The van der Waals surface area contributed by atoms with E-state index in [1.165, 1.54) is 0 Å². The number of ether oxygens (including phenoxy) is 1. The van der Waals surface area contributed by atoms with Crippen LogP contribution in [0.1, 0.15) is 25.7 Å². The Morgan fingerprint density at radius 1 is 0.867 bits per heavy atom. The lowest BCUT2D eigenvalue weighted by Crippen LogP contribution is -2.27. The molecule has 2 fully saturated rings. The molecule has 2 aliphatic rings. The minimum Gasteiger partial charge on any atom is -0.359 e. The largest absolute Gasteiger partial charge is 0.359 e. The molecule has 0 aliphatic heterocycles. The monoisotopic (exact) mass is 202 g/mol. The van der Waals surface area contributed by atoms with Crippen molar-refractivity contribution < 1.29 is 4.74 Å². The summed E-state index contributed by atoms with van der Waals surface area (Å²) in [6.45, 7) is 15.5. The molecule has 1 heteroatoms. The van der Waals surface area contributed by atoms with Crippen molar-refractivity contribution in [3.63, 3.8) is 0 Å². The van der Waals surface area contributed by atoms with Gasteiger partial charge in [0.1, 0.15) is 0 Å². The van der Waals surface area contributed by atoms with Crippen LogP contribution >= 0.6 is 0 Å². The Bertz CT molecular complexity index is 306. The predicted octanol–water partition coefficient (Wildman–Crippen LogP) is 3.55. The fourth-order valence-corrected chi connectivity index (χ4v) is 1.95. The summed E-state index contributed by atoms with van der Waals surface area (Å²) in [6.07, 6.45) is 7.85. The highest BCUT2D eigenvalue weighted by Gasteiger charge is 2.56. The Hall–Kier alpha value is -1.08. The SMILES string of the molecule is C=CC(=C)C1(OC2(C(=C)C=C)CC2)CC1. The first kappa shape index (κ1) is 10.4. The van der Waals surface area contributed by atoms with Gasteiger partial charge in [0, 0.05) is 0 Å². The van der Waals surface area contributed by atoms with E-state index in [4.69, 9.17) is 4.74 Å². The van der Waals surface area contributed by atoms with Gasteiger partial charge in [-0.2, -0.15) is 0 Å². The van der Waals surface area contributed by atoms with Gasteiger partial charge in [0.25, 0.3) is 0 Å². The predicted molar refractivity (Wildman–Crippen MR) is 63.7 cm³/mol. The van der Waals surface area contributed by atoms with Crippen molar-refractivity contribution in [2.75, 3.05) is 0 Å². The average Bonchev–Trinajstić information content (AvgIpc) is 3.14. The molecule has 0 atom stereocenters. The van der Waals surface area contributed by atoms with Crippen molar-refractivity contribution in [3.05, 3.63) is 49.6 Å². The molecular formula is C14H18O. The van der Waals surface area contributed by atoms with Crippen LogP contribution < -0.4 is 0 Å². The van der Waals surface area contributed by atoms with Crippen molar-refractivity contribution in [1.82, 2.24) is 0 Å². The molecule has 0 spiro atoms. The van der Waals surface area contributed by atoms with Gasteiger partial charge in [0.2, 0.25) is 0 Å². The molecule has 0 saturated heterocycles. The van der Waals surface area contributed by atoms with Crippen LogP contribution in [0.3, 0.4) is 0 Å². The zero-order valence-electron chi connectivity index (χ0n) is 9.22. The first-order valence-electron chi connectivity index (χ1n) is 5.42. The summed E-state index contributed by atoms with van der Waals surface area (Å²) in [5, 5.41) is 0. The molecular weight excluding hydrogens is 184 g/mol. The molecule has 0 N–H and O–H groups in total. The summed E-state index contributed by atoms with van der Waals surface area (Å²) in [6, 6.07) is 0. The van der Waals surface area contributed by atoms with Crippen LogP contribution in [0, 0.1) is 0 Å². The van der Waals surface area contributed by atoms with E-state index in [2.05, 4.69) is 26.3 Å². The van der Waals surface area contributed by atoms with Crippen LogP contribution in [0.15, 0.2) is 49.6 Å². The second kappa shape index (κ2) is 3.21. The summed E-state index contributed by atoms with van der Waals surface area (Å²) in [4.78, 5) is 0. The summed E-state index contributed by atoms with van der Waals surface area (Å²) >= 11 is 0. The van der Waals surface area contributed by atoms with Crippen LogP contribution in [-0.4, -0.2) is 11.2 Å². The average molecular weight is 202 g/mol. The topological polar surface area (TPSA) is 9.23 Å². The van der Waals surface area contributed by atoms with Gasteiger partial charge in [0.15, 0.2) is 0 Å². The van der Waals surface area contributed by atoms with Crippen molar-refractivity contribution in [3.8, 4) is 0 Å². The fraction of sp³-hybridized carbons (Fsp3) is 0.429. The summed E-state index contributed by atoms with van der Waals surface area (Å²) in [5.74, 6) is 0. The smallest absolute Gasteiger partial charge is 0.0940 e. The molecule has 2 aliphatic carbocycles. The highest BCUT2D eigenvalue weighted by Crippen LogP contribution is 2.56. The quantitative estimate of drug-likeness (QED) is 0.598. The third-order valence-corrected chi connectivity index (χ3v) is 3.46. The first-order valence-corrected chi connectivity index (χ1v) is 5.42. The summed E-state index contributed by atoms with van der Waals surface area (Å²) < 4.78 is 6.21. The van der Waals surface area contributed by atoms with Crippen molar-refractivity contribution in [2.45, 2.75) is 36.9 Å². The van der Waals surface area contributed by atoms with Gasteiger partial charge in [-0.3, -0.25) is 0 Å². The Balaban J connectivity index is 2.09. The minimum absolute atomic E-state index is 0.135. The molecule has 1 nitrogen and oxygen atoms in total. The molecule has 2 rings (SSSR count). The Kier molecular flexibility index (Phi) is 2.23. The lowest BCUT2D eigenvalue weighted by Gasteiger charge is -2.25. The molecule has 0 radical (unpaired) electrons. The maximum atomic E-state index is 6.21. The van der Waals surface area contributed by atoms with E-state index in [0.29, 0.717) is 0 Å². The van der Waals surface area contributed by atoms with E-state index in [1.54, 1.807) is 12.2 Å². The summed E-state index contributed by atoms with van der Waals surface area (Å²) in [5.41, 5.74) is 1.74. The van der Waals surface area contributed by atoms with E-state index in [9.17, 15) is 0 Å². The molecule has 0 aromatic carbocycles. The summed E-state index contributed by atoms with van der Waals surface area (Å²) in [7, 11) is 0. The van der Waals surface area contributed by atoms with E-state index < -0.39 is 0 Å². The van der Waals surface area contributed by atoms with E-state index >= 15 is 0 Å². The maximum Gasteiger partial charge on any atom is 0.0940 e. The molecule has 0 unspecified atom stereocenters. The fourth-order valence-electron chi connectivity index (χ4n) is 1.95. The van der Waals surface area contributed by atoms with Crippen molar-refractivity contribution in [2.24, 2.45) is 0 Å². The van der Waals surface area contributed by atoms with E-state index in [1.807, 2.05) is 0 Å². The second-order valence-corrected chi connectivity index (χ2v) is 4.55. The highest BCUT2D eigenvalue weighted by molar-refractivity contribution is 5.36. The van der Waals surface area contributed by atoms with Crippen LogP contribution in [0.2, 0.25) is 0 Å². The third kappa shape index (κ3) is 1.61. The maximum absolute atomic E-state index is 6.21. The molecule has 0 heterocycles. The molecule has 0 bridgehead atoms. The van der Waals surface area contributed by atoms with E-state index in [0.717, 1.165) is 36.8 Å². The van der Waals surface area contributed by atoms with Crippen molar-refractivity contribution in [1.29, 1.82) is 0 Å². The molecule has 0 aromatic heterocycles.